The smallest absolute Gasteiger partial charge is 0.119 e. The minimum Gasteiger partial charge on any atom is -0.491 e. The maximum Gasteiger partial charge on any atom is 0.119 e. The maximum absolute atomic E-state index is 10.4. The zero-order valence-electron chi connectivity index (χ0n) is 17.6. The van der Waals surface area contributed by atoms with Crippen molar-refractivity contribution in [3.63, 3.8) is 0 Å². The lowest BCUT2D eigenvalue weighted by atomic mass is 9.90. The quantitative estimate of drug-likeness (QED) is 0.420. The van der Waals surface area contributed by atoms with Crippen molar-refractivity contribution >= 4 is 11.6 Å². The van der Waals surface area contributed by atoms with Crippen molar-refractivity contribution in [1.82, 2.24) is 0 Å². The van der Waals surface area contributed by atoms with Gasteiger partial charge >= 0.3 is 0 Å². The Labute approximate surface area is 192 Å². The van der Waals surface area contributed by atoms with E-state index in [1.54, 1.807) is 12.1 Å². The first-order valence-electron chi connectivity index (χ1n) is 10.9. The van der Waals surface area contributed by atoms with Crippen molar-refractivity contribution in [1.29, 1.82) is 0 Å². The van der Waals surface area contributed by atoms with Crippen LogP contribution in [-0.2, 0) is 15.9 Å². The van der Waals surface area contributed by atoms with Crippen molar-refractivity contribution in [2.45, 2.75) is 55.9 Å². The summed E-state index contributed by atoms with van der Waals surface area (Å²) in [5.74, 6) is 0.773. The number of hydrogen-bond donors (Lipinski definition) is 4. The minimum atomic E-state index is -1.42. The van der Waals surface area contributed by atoms with Crippen LogP contribution in [0.4, 0.5) is 0 Å². The Hall–Kier alpha value is -1.71. The highest BCUT2D eigenvalue weighted by Crippen LogP contribution is 2.34. The summed E-state index contributed by atoms with van der Waals surface area (Å²) < 4.78 is 16.9. The van der Waals surface area contributed by atoms with Gasteiger partial charge < -0.3 is 34.6 Å². The molecule has 0 aromatic heterocycles. The van der Waals surface area contributed by atoms with E-state index >= 15 is 0 Å². The van der Waals surface area contributed by atoms with E-state index in [1.807, 2.05) is 30.3 Å². The third-order valence-electron chi connectivity index (χ3n) is 5.84. The Kier molecular flexibility index (Phi) is 7.68. The van der Waals surface area contributed by atoms with E-state index in [1.165, 1.54) is 0 Å². The van der Waals surface area contributed by atoms with E-state index in [9.17, 15) is 20.4 Å². The summed E-state index contributed by atoms with van der Waals surface area (Å²) in [5, 5.41) is 40.5. The standard InChI is InChI=1S/C24H29ClO7/c25-19-8-3-15(24-23(29)22(28)21(27)20(13-26)32-24)12-16(19)11-14-1-4-17(5-2-14)30-9-10-31-18-6-7-18/h1-5,8,12,18,20-24,26-29H,6-7,9-11,13H2/t20-,21-,22-,23-,24+/m1/s1. The molecule has 0 radical (unpaired) electrons. The van der Waals surface area contributed by atoms with Crippen molar-refractivity contribution < 1.29 is 34.6 Å². The largest absolute Gasteiger partial charge is 0.491 e. The summed E-state index contributed by atoms with van der Waals surface area (Å²) >= 11 is 6.40. The average Bonchev–Trinajstić information content (AvgIpc) is 3.63. The van der Waals surface area contributed by atoms with Crippen LogP contribution in [0.15, 0.2) is 42.5 Å². The summed E-state index contributed by atoms with van der Waals surface area (Å²) in [6, 6.07) is 13.0. The molecule has 0 spiro atoms. The number of aliphatic hydroxyl groups is 4. The molecule has 174 valence electrons. The molecule has 5 atom stereocenters. The van der Waals surface area contributed by atoms with Crippen molar-refractivity contribution in [3.05, 3.63) is 64.2 Å². The number of hydrogen-bond acceptors (Lipinski definition) is 7. The number of benzene rings is 2. The minimum absolute atomic E-state index is 0.421. The number of ether oxygens (including phenoxy) is 3. The molecule has 8 heteroatoms. The Morgan fingerprint density at radius 2 is 1.69 bits per heavy atom. The Morgan fingerprint density at radius 3 is 2.38 bits per heavy atom. The van der Waals surface area contributed by atoms with Crippen LogP contribution in [0.1, 0.15) is 35.6 Å². The lowest BCUT2D eigenvalue weighted by Gasteiger charge is -2.40. The number of aliphatic hydroxyl groups excluding tert-OH is 4. The molecule has 4 rings (SSSR count). The van der Waals surface area contributed by atoms with Gasteiger partial charge in [0.15, 0.2) is 0 Å². The van der Waals surface area contributed by atoms with E-state index in [0.717, 1.165) is 29.7 Å². The van der Waals surface area contributed by atoms with Gasteiger partial charge in [-0.2, -0.15) is 0 Å². The van der Waals surface area contributed by atoms with Crippen molar-refractivity contribution in [2.75, 3.05) is 19.8 Å². The van der Waals surface area contributed by atoms with E-state index < -0.39 is 37.1 Å². The molecule has 1 aliphatic heterocycles. The molecule has 0 bridgehead atoms. The molecule has 2 aromatic rings. The van der Waals surface area contributed by atoms with Crippen LogP contribution in [0, 0.1) is 0 Å². The van der Waals surface area contributed by atoms with E-state index in [4.69, 9.17) is 25.8 Å². The number of rotatable bonds is 9. The average molecular weight is 465 g/mol. The molecule has 0 amide bonds. The first kappa shape index (κ1) is 23.4. The molecular formula is C24H29ClO7. The SMILES string of the molecule is OC[C@H]1O[C@@H](c2ccc(Cl)c(Cc3ccc(OCCOC4CC4)cc3)c2)[C@H](O)[C@H](O)[C@@H]1O. The van der Waals surface area contributed by atoms with Gasteiger partial charge in [-0.1, -0.05) is 35.9 Å². The summed E-state index contributed by atoms with van der Waals surface area (Å²) in [7, 11) is 0. The fraction of sp³-hybridized carbons (Fsp3) is 0.500. The predicted octanol–water partition coefficient (Wildman–Crippen LogP) is 2.00. The fourth-order valence-corrected chi connectivity index (χ4v) is 4.00. The zero-order valence-corrected chi connectivity index (χ0v) is 18.4. The van der Waals surface area contributed by atoms with Gasteiger partial charge in [0.25, 0.3) is 0 Å². The topological polar surface area (TPSA) is 109 Å². The van der Waals surface area contributed by atoms with Crippen LogP contribution < -0.4 is 4.74 Å². The first-order chi connectivity index (χ1) is 15.5. The predicted molar refractivity (Wildman–Crippen MR) is 118 cm³/mol. The second kappa shape index (κ2) is 10.5. The van der Waals surface area contributed by atoms with Crippen LogP contribution >= 0.6 is 11.6 Å². The second-order valence-electron chi connectivity index (χ2n) is 8.34. The summed E-state index contributed by atoms with van der Waals surface area (Å²) in [6.07, 6.45) is -2.73. The highest BCUT2D eigenvalue weighted by Gasteiger charge is 2.44. The molecule has 7 nitrogen and oxygen atoms in total. The van der Waals surface area contributed by atoms with Crippen LogP contribution in [-0.4, -0.2) is 70.8 Å². The first-order valence-corrected chi connectivity index (χ1v) is 11.3. The van der Waals surface area contributed by atoms with Gasteiger partial charge in [0.05, 0.1) is 19.3 Å². The molecule has 2 aromatic carbocycles. The zero-order chi connectivity index (χ0) is 22.7. The molecule has 0 unspecified atom stereocenters. The lowest BCUT2D eigenvalue weighted by molar-refractivity contribution is -0.231. The molecule has 1 saturated carbocycles. The Bertz CT molecular complexity index is 884. The Morgan fingerprint density at radius 1 is 0.938 bits per heavy atom. The molecule has 2 fully saturated rings. The third kappa shape index (κ3) is 5.61. The summed E-state index contributed by atoms with van der Waals surface area (Å²) in [4.78, 5) is 0. The molecule has 1 heterocycles. The summed E-state index contributed by atoms with van der Waals surface area (Å²) in [5.41, 5.74) is 2.46. The normalized spacial score (nSPS) is 28.0. The molecule has 4 N–H and O–H groups in total. The molecule has 2 aliphatic rings. The van der Waals surface area contributed by atoms with Gasteiger partial charge in [-0.3, -0.25) is 0 Å². The van der Waals surface area contributed by atoms with Gasteiger partial charge in [-0.25, -0.2) is 0 Å². The fourth-order valence-electron chi connectivity index (χ4n) is 3.82. The Balaban J connectivity index is 1.41. The molecule has 32 heavy (non-hydrogen) atoms. The van der Waals surface area contributed by atoms with E-state index in [-0.39, 0.29) is 0 Å². The van der Waals surface area contributed by atoms with Crippen LogP contribution in [0.3, 0.4) is 0 Å². The molecule has 1 saturated heterocycles. The van der Waals surface area contributed by atoms with Gasteiger partial charge in [0.1, 0.15) is 42.9 Å². The lowest BCUT2D eigenvalue weighted by Crippen LogP contribution is -2.55. The highest BCUT2D eigenvalue weighted by molar-refractivity contribution is 6.31. The van der Waals surface area contributed by atoms with E-state index in [2.05, 4.69) is 0 Å². The van der Waals surface area contributed by atoms with Crippen LogP contribution in [0.5, 0.6) is 5.75 Å². The van der Waals surface area contributed by atoms with E-state index in [0.29, 0.717) is 36.3 Å². The van der Waals surface area contributed by atoms with Gasteiger partial charge in [0, 0.05) is 5.02 Å². The summed E-state index contributed by atoms with van der Waals surface area (Å²) in [6.45, 7) is 0.638. The number of halogens is 1. The van der Waals surface area contributed by atoms with Gasteiger partial charge in [-0.15, -0.1) is 0 Å². The van der Waals surface area contributed by atoms with Gasteiger partial charge in [0.2, 0.25) is 0 Å². The molecule has 1 aliphatic carbocycles. The highest BCUT2D eigenvalue weighted by atomic mass is 35.5. The second-order valence-corrected chi connectivity index (χ2v) is 8.75. The van der Waals surface area contributed by atoms with Gasteiger partial charge in [-0.05, 0) is 54.2 Å². The van der Waals surface area contributed by atoms with Crippen molar-refractivity contribution in [2.24, 2.45) is 0 Å². The van der Waals surface area contributed by atoms with Crippen molar-refractivity contribution in [3.8, 4) is 5.75 Å². The monoisotopic (exact) mass is 464 g/mol. The van der Waals surface area contributed by atoms with Crippen LogP contribution in [0.2, 0.25) is 5.02 Å². The molecular weight excluding hydrogens is 436 g/mol. The third-order valence-corrected chi connectivity index (χ3v) is 6.21. The maximum atomic E-state index is 10.4. The van der Waals surface area contributed by atoms with Crippen LogP contribution in [0.25, 0.3) is 0 Å².